The topological polar surface area (TPSA) is 87.1 Å². The first-order chi connectivity index (χ1) is 16.0. The Morgan fingerprint density at radius 2 is 2.12 bits per heavy atom. The zero-order valence-corrected chi connectivity index (χ0v) is 20.3. The maximum absolute atomic E-state index is 12.4. The van der Waals surface area contributed by atoms with Gasteiger partial charge in [-0.2, -0.15) is 0 Å². The van der Waals surface area contributed by atoms with Crippen molar-refractivity contribution in [2.45, 2.75) is 39.0 Å². The second kappa shape index (κ2) is 10.9. The lowest BCUT2D eigenvalue weighted by molar-refractivity contribution is -0.185. The molecule has 0 radical (unpaired) electrons. The van der Waals surface area contributed by atoms with Gasteiger partial charge in [-0.25, -0.2) is 10.1 Å². The highest BCUT2D eigenvalue weighted by Gasteiger charge is 2.27. The van der Waals surface area contributed by atoms with Crippen LogP contribution >= 0.6 is 15.9 Å². The molecule has 1 aliphatic carbocycles. The van der Waals surface area contributed by atoms with Crippen LogP contribution in [-0.2, 0) is 16.1 Å². The first-order valence-electron chi connectivity index (χ1n) is 11.4. The van der Waals surface area contributed by atoms with Crippen LogP contribution in [0.25, 0.3) is 0 Å². The van der Waals surface area contributed by atoms with Gasteiger partial charge in [0, 0.05) is 48.6 Å². The predicted octanol–water partition coefficient (Wildman–Crippen LogP) is 4.67. The molecule has 1 aromatic carbocycles. The van der Waals surface area contributed by atoms with E-state index in [0.29, 0.717) is 49.7 Å². The van der Waals surface area contributed by atoms with Gasteiger partial charge in [-0.05, 0) is 66.2 Å². The SMILES string of the molecule is CCON(CCCNC1=CC(c2ccccc2O)=Nc2c(Br)cncc2C1)C(=O)CC1CC1. The molecular weight excluding hydrogens is 484 g/mol. The lowest BCUT2D eigenvalue weighted by Gasteiger charge is -2.21. The molecule has 0 bridgehead atoms. The van der Waals surface area contributed by atoms with Gasteiger partial charge in [-0.15, -0.1) is 0 Å². The number of aromatic hydroxyl groups is 1. The van der Waals surface area contributed by atoms with Crippen molar-refractivity contribution in [1.82, 2.24) is 15.4 Å². The van der Waals surface area contributed by atoms with Gasteiger partial charge in [0.2, 0.25) is 5.91 Å². The zero-order chi connectivity index (χ0) is 23.2. The normalized spacial score (nSPS) is 15.2. The van der Waals surface area contributed by atoms with Crippen LogP contribution in [0.15, 0.2) is 57.9 Å². The van der Waals surface area contributed by atoms with E-state index in [0.717, 1.165) is 40.7 Å². The Labute approximate surface area is 202 Å². The summed E-state index contributed by atoms with van der Waals surface area (Å²) in [6, 6.07) is 7.19. The standard InChI is InChI=1S/C25H29BrN4O3/c1-2-33-30(24(32)12-17-8-9-17)11-5-10-28-19-13-18-15-27-16-21(26)25(18)29-22(14-19)20-6-3-4-7-23(20)31/h3-4,6-7,14-17,28,31H,2,5,8-13H2,1H3. The molecule has 2 heterocycles. The number of hydroxylamine groups is 2. The highest BCUT2D eigenvalue weighted by molar-refractivity contribution is 9.10. The average molecular weight is 513 g/mol. The number of para-hydroxylation sites is 1. The van der Waals surface area contributed by atoms with Gasteiger partial charge in [0.1, 0.15) is 5.75 Å². The number of nitrogens with zero attached hydrogens (tertiary/aromatic N) is 3. The first-order valence-corrected chi connectivity index (χ1v) is 12.2. The largest absolute Gasteiger partial charge is 0.507 e. The molecule has 2 aromatic rings. The number of allylic oxidation sites excluding steroid dienone is 2. The van der Waals surface area contributed by atoms with Gasteiger partial charge in [-0.1, -0.05) is 12.1 Å². The third-order valence-corrected chi connectivity index (χ3v) is 6.25. The first kappa shape index (κ1) is 23.4. The monoisotopic (exact) mass is 512 g/mol. The summed E-state index contributed by atoms with van der Waals surface area (Å²) in [4.78, 5) is 27.2. The fraction of sp³-hybridized carbons (Fsp3) is 0.400. The van der Waals surface area contributed by atoms with Crippen molar-refractivity contribution in [3.63, 3.8) is 0 Å². The van der Waals surface area contributed by atoms with E-state index < -0.39 is 0 Å². The third kappa shape index (κ3) is 6.21. The van der Waals surface area contributed by atoms with E-state index in [4.69, 9.17) is 9.83 Å². The van der Waals surface area contributed by atoms with Crippen molar-refractivity contribution in [1.29, 1.82) is 0 Å². The molecule has 33 heavy (non-hydrogen) atoms. The Bertz CT molecular complexity index is 1070. The van der Waals surface area contributed by atoms with E-state index in [9.17, 15) is 9.90 Å². The summed E-state index contributed by atoms with van der Waals surface area (Å²) in [5.74, 6) is 0.795. The minimum atomic E-state index is 0.0758. The van der Waals surface area contributed by atoms with E-state index in [2.05, 4.69) is 26.2 Å². The molecule has 0 unspecified atom stereocenters. The summed E-state index contributed by atoms with van der Waals surface area (Å²) < 4.78 is 0.809. The molecule has 1 saturated carbocycles. The van der Waals surface area contributed by atoms with E-state index in [1.807, 2.05) is 31.3 Å². The number of rotatable bonds is 10. The van der Waals surface area contributed by atoms with Crippen molar-refractivity contribution < 1.29 is 14.7 Å². The Kier molecular flexibility index (Phi) is 7.77. The van der Waals surface area contributed by atoms with Crippen LogP contribution in [0.3, 0.4) is 0 Å². The molecule has 7 nitrogen and oxygen atoms in total. The molecule has 1 amide bonds. The highest BCUT2D eigenvalue weighted by atomic mass is 79.9. The summed E-state index contributed by atoms with van der Waals surface area (Å²) in [6.45, 7) is 3.60. The van der Waals surface area contributed by atoms with E-state index in [1.54, 1.807) is 18.3 Å². The van der Waals surface area contributed by atoms with E-state index >= 15 is 0 Å². The van der Waals surface area contributed by atoms with Gasteiger partial charge in [0.25, 0.3) is 0 Å². The number of carbonyl (C=O) groups excluding carboxylic acids is 1. The van der Waals surface area contributed by atoms with E-state index in [1.165, 1.54) is 5.06 Å². The summed E-state index contributed by atoms with van der Waals surface area (Å²) in [6.07, 6.45) is 9.78. The molecule has 1 aliphatic heterocycles. The number of fused-ring (bicyclic) bond motifs is 1. The predicted molar refractivity (Wildman–Crippen MR) is 131 cm³/mol. The Morgan fingerprint density at radius 3 is 2.88 bits per heavy atom. The Balaban J connectivity index is 1.45. The van der Waals surface area contributed by atoms with Gasteiger partial charge in [0.05, 0.1) is 29.0 Å². The van der Waals surface area contributed by atoms with Crippen molar-refractivity contribution >= 4 is 33.2 Å². The molecule has 0 spiro atoms. The van der Waals surface area contributed by atoms with Gasteiger partial charge >= 0.3 is 0 Å². The van der Waals surface area contributed by atoms with Crippen molar-refractivity contribution in [2.24, 2.45) is 10.9 Å². The number of hydrogen-bond acceptors (Lipinski definition) is 6. The number of aliphatic imine (C=N–C) groups is 1. The van der Waals surface area contributed by atoms with Crippen LogP contribution in [0.4, 0.5) is 5.69 Å². The van der Waals surface area contributed by atoms with Crippen molar-refractivity contribution in [3.05, 3.63) is 64.0 Å². The molecule has 174 valence electrons. The number of nitrogens with one attached hydrogen (secondary N) is 1. The highest BCUT2D eigenvalue weighted by Crippen LogP contribution is 2.34. The smallest absolute Gasteiger partial charge is 0.246 e. The average Bonchev–Trinajstić information content (AvgIpc) is 3.63. The number of amides is 1. The van der Waals surface area contributed by atoms with Crippen LogP contribution in [0.2, 0.25) is 0 Å². The number of carbonyl (C=O) groups is 1. The molecule has 0 atom stereocenters. The van der Waals surface area contributed by atoms with Crippen molar-refractivity contribution in [2.75, 3.05) is 19.7 Å². The Morgan fingerprint density at radius 1 is 1.30 bits per heavy atom. The third-order valence-electron chi connectivity index (χ3n) is 5.67. The fourth-order valence-electron chi connectivity index (χ4n) is 3.80. The lowest BCUT2D eigenvalue weighted by Crippen LogP contribution is -2.34. The fourth-order valence-corrected chi connectivity index (χ4v) is 4.26. The van der Waals surface area contributed by atoms with Crippen LogP contribution in [0, 0.1) is 5.92 Å². The second-order valence-electron chi connectivity index (χ2n) is 8.33. The quantitative estimate of drug-likeness (QED) is 0.356. The summed E-state index contributed by atoms with van der Waals surface area (Å²) in [5.41, 5.74) is 4.12. The second-order valence-corrected chi connectivity index (χ2v) is 9.19. The number of phenolic OH excluding ortho intramolecular Hbond substituents is 1. The summed E-state index contributed by atoms with van der Waals surface area (Å²) >= 11 is 3.56. The number of pyridine rings is 1. The molecular formula is C25H29BrN4O3. The van der Waals surface area contributed by atoms with Crippen LogP contribution < -0.4 is 5.32 Å². The number of hydrogen-bond donors (Lipinski definition) is 2. The van der Waals surface area contributed by atoms with Crippen molar-refractivity contribution in [3.8, 4) is 5.75 Å². The molecule has 8 heteroatoms. The minimum Gasteiger partial charge on any atom is -0.507 e. The molecule has 2 N–H and O–H groups in total. The lowest BCUT2D eigenvalue weighted by atomic mass is 10.1. The van der Waals surface area contributed by atoms with Crippen LogP contribution in [0.5, 0.6) is 5.75 Å². The number of phenols is 1. The number of halogens is 1. The maximum atomic E-state index is 12.4. The summed E-state index contributed by atoms with van der Waals surface area (Å²) in [5, 5.41) is 15.4. The Hall–Kier alpha value is -2.71. The zero-order valence-electron chi connectivity index (χ0n) is 18.8. The molecule has 1 aromatic heterocycles. The molecule has 2 aliphatic rings. The number of aromatic nitrogens is 1. The summed E-state index contributed by atoms with van der Waals surface area (Å²) in [7, 11) is 0. The van der Waals surface area contributed by atoms with Crippen LogP contribution in [0.1, 0.15) is 43.7 Å². The molecule has 4 rings (SSSR count). The van der Waals surface area contributed by atoms with Crippen LogP contribution in [-0.4, -0.2) is 46.5 Å². The van der Waals surface area contributed by atoms with Gasteiger partial charge in [-0.3, -0.25) is 14.6 Å². The van der Waals surface area contributed by atoms with E-state index in [-0.39, 0.29) is 11.7 Å². The minimum absolute atomic E-state index is 0.0758. The van der Waals surface area contributed by atoms with Gasteiger partial charge < -0.3 is 10.4 Å². The number of benzene rings is 1. The maximum Gasteiger partial charge on any atom is 0.246 e. The van der Waals surface area contributed by atoms with Gasteiger partial charge in [0.15, 0.2) is 0 Å². The molecule has 0 saturated heterocycles. The molecule has 1 fully saturated rings.